The van der Waals surface area contributed by atoms with Gasteiger partial charge in [-0.2, -0.15) is 0 Å². The SMILES string of the molecule is CC(C)(C)CCC(NCc1ccncn1)C(=O)O. The molecule has 2 N–H and O–H groups in total. The molecular weight excluding hydrogens is 230 g/mol. The Bertz CT molecular complexity index is 374. The molecule has 1 rings (SSSR count). The summed E-state index contributed by atoms with van der Waals surface area (Å²) in [7, 11) is 0. The third kappa shape index (κ3) is 5.72. The van der Waals surface area contributed by atoms with E-state index in [1.165, 1.54) is 6.33 Å². The van der Waals surface area contributed by atoms with Crippen molar-refractivity contribution in [2.24, 2.45) is 5.41 Å². The van der Waals surface area contributed by atoms with Crippen LogP contribution in [0.1, 0.15) is 39.3 Å². The minimum absolute atomic E-state index is 0.143. The molecule has 18 heavy (non-hydrogen) atoms. The highest BCUT2D eigenvalue weighted by Crippen LogP contribution is 2.21. The maximum atomic E-state index is 11.1. The van der Waals surface area contributed by atoms with Gasteiger partial charge in [-0.1, -0.05) is 20.8 Å². The van der Waals surface area contributed by atoms with E-state index in [0.29, 0.717) is 13.0 Å². The average molecular weight is 251 g/mol. The van der Waals surface area contributed by atoms with E-state index < -0.39 is 12.0 Å². The molecule has 0 spiro atoms. The van der Waals surface area contributed by atoms with Gasteiger partial charge in [0.25, 0.3) is 0 Å². The van der Waals surface area contributed by atoms with Crippen LogP contribution in [-0.4, -0.2) is 27.1 Å². The monoisotopic (exact) mass is 251 g/mol. The Morgan fingerprint density at radius 2 is 2.22 bits per heavy atom. The van der Waals surface area contributed by atoms with E-state index in [1.807, 2.05) is 0 Å². The molecule has 1 aromatic heterocycles. The Morgan fingerprint density at radius 3 is 2.72 bits per heavy atom. The van der Waals surface area contributed by atoms with Gasteiger partial charge < -0.3 is 5.11 Å². The smallest absolute Gasteiger partial charge is 0.320 e. The van der Waals surface area contributed by atoms with Crippen molar-refractivity contribution in [3.63, 3.8) is 0 Å². The van der Waals surface area contributed by atoms with Crippen LogP contribution in [-0.2, 0) is 11.3 Å². The zero-order valence-corrected chi connectivity index (χ0v) is 11.2. The average Bonchev–Trinajstić information content (AvgIpc) is 2.28. The van der Waals surface area contributed by atoms with E-state index in [-0.39, 0.29) is 5.41 Å². The lowest BCUT2D eigenvalue weighted by Gasteiger charge is -2.21. The Balaban J connectivity index is 2.46. The number of aromatic nitrogens is 2. The van der Waals surface area contributed by atoms with Gasteiger partial charge in [0.2, 0.25) is 0 Å². The molecule has 0 amide bonds. The van der Waals surface area contributed by atoms with E-state index in [4.69, 9.17) is 5.11 Å². The maximum Gasteiger partial charge on any atom is 0.320 e. The van der Waals surface area contributed by atoms with E-state index in [2.05, 4.69) is 36.1 Å². The number of rotatable bonds is 6. The number of hydrogen-bond acceptors (Lipinski definition) is 4. The van der Waals surface area contributed by atoms with Gasteiger partial charge >= 0.3 is 5.97 Å². The van der Waals surface area contributed by atoms with Crippen LogP contribution < -0.4 is 5.32 Å². The van der Waals surface area contributed by atoms with Crippen LogP contribution in [0.15, 0.2) is 18.6 Å². The van der Waals surface area contributed by atoms with E-state index in [9.17, 15) is 4.79 Å². The Morgan fingerprint density at radius 1 is 1.50 bits per heavy atom. The molecule has 1 heterocycles. The lowest BCUT2D eigenvalue weighted by Crippen LogP contribution is -2.37. The summed E-state index contributed by atoms with van der Waals surface area (Å²) in [6.07, 6.45) is 4.58. The number of carboxylic acids is 1. The van der Waals surface area contributed by atoms with Crippen molar-refractivity contribution in [1.29, 1.82) is 0 Å². The first kappa shape index (κ1) is 14.6. The fraction of sp³-hybridized carbons (Fsp3) is 0.615. The van der Waals surface area contributed by atoms with Crippen LogP contribution in [0.25, 0.3) is 0 Å². The van der Waals surface area contributed by atoms with Crippen LogP contribution in [0, 0.1) is 5.41 Å². The Kier molecular flexibility index (Phi) is 5.22. The molecule has 0 bridgehead atoms. The summed E-state index contributed by atoms with van der Waals surface area (Å²) >= 11 is 0. The van der Waals surface area contributed by atoms with Crippen LogP contribution in [0.4, 0.5) is 0 Å². The summed E-state index contributed by atoms with van der Waals surface area (Å²) in [5.41, 5.74) is 0.941. The minimum atomic E-state index is -0.812. The van der Waals surface area contributed by atoms with Crippen molar-refractivity contribution in [2.75, 3.05) is 0 Å². The number of nitrogens with zero attached hydrogens (tertiary/aromatic N) is 2. The highest BCUT2D eigenvalue weighted by atomic mass is 16.4. The molecule has 0 aliphatic carbocycles. The molecule has 100 valence electrons. The molecule has 1 unspecified atom stereocenters. The maximum absolute atomic E-state index is 11.1. The van der Waals surface area contributed by atoms with Gasteiger partial charge in [0.05, 0.1) is 5.69 Å². The largest absolute Gasteiger partial charge is 0.480 e. The van der Waals surface area contributed by atoms with E-state index in [0.717, 1.165) is 12.1 Å². The second-order valence-corrected chi connectivity index (χ2v) is 5.57. The molecule has 0 fully saturated rings. The van der Waals surface area contributed by atoms with Gasteiger partial charge in [0, 0.05) is 12.7 Å². The molecule has 0 saturated carbocycles. The summed E-state index contributed by atoms with van der Waals surface area (Å²) < 4.78 is 0. The molecule has 0 aliphatic rings. The minimum Gasteiger partial charge on any atom is -0.480 e. The van der Waals surface area contributed by atoms with Gasteiger partial charge in [-0.25, -0.2) is 9.97 Å². The first-order chi connectivity index (χ1) is 8.38. The molecule has 5 nitrogen and oxygen atoms in total. The Hall–Kier alpha value is -1.49. The second-order valence-electron chi connectivity index (χ2n) is 5.57. The van der Waals surface area contributed by atoms with Gasteiger partial charge in [0.15, 0.2) is 0 Å². The third-order valence-electron chi connectivity index (χ3n) is 2.65. The van der Waals surface area contributed by atoms with Crippen molar-refractivity contribution in [3.8, 4) is 0 Å². The zero-order chi connectivity index (χ0) is 13.6. The van der Waals surface area contributed by atoms with Crippen LogP contribution in [0.3, 0.4) is 0 Å². The van der Waals surface area contributed by atoms with Crippen molar-refractivity contribution < 1.29 is 9.90 Å². The van der Waals surface area contributed by atoms with Crippen LogP contribution in [0.5, 0.6) is 0 Å². The molecule has 0 aromatic carbocycles. The lowest BCUT2D eigenvalue weighted by molar-refractivity contribution is -0.139. The second kappa shape index (κ2) is 6.44. The highest BCUT2D eigenvalue weighted by Gasteiger charge is 2.20. The van der Waals surface area contributed by atoms with Crippen LogP contribution in [0.2, 0.25) is 0 Å². The first-order valence-corrected chi connectivity index (χ1v) is 6.09. The van der Waals surface area contributed by atoms with Gasteiger partial charge in [-0.3, -0.25) is 10.1 Å². The standard InChI is InChI=1S/C13H21N3O2/c1-13(2,3)6-4-11(12(17)18)15-8-10-5-7-14-9-16-10/h5,7,9,11,15H,4,6,8H2,1-3H3,(H,17,18). The lowest BCUT2D eigenvalue weighted by atomic mass is 9.88. The molecule has 0 radical (unpaired) electrons. The predicted molar refractivity (Wildman–Crippen MR) is 69.0 cm³/mol. The number of nitrogens with one attached hydrogen (secondary N) is 1. The molecular formula is C13H21N3O2. The van der Waals surface area contributed by atoms with Crippen molar-refractivity contribution in [2.45, 2.75) is 46.2 Å². The molecule has 0 saturated heterocycles. The fourth-order valence-electron chi connectivity index (χ4n) is 1.54. The normalized spacial score (nSPS) is 13.3. The molecule has 1 aromatic rings. The summed E-state index contributed by atoms with van der Waals surface area (Å²) in [5.74, 6) is -0.812. The number of carbonyl (C=O) groups is 1. The molecule has 5 heteroatoms. The topological polar surface area (TPSA) is 75.1 Å². The predicted octanol–water partition coefficient (Wildman–Crippen LogP) is 1.85. The first-order valence-electron chi connectivity index (χ1n) is 6.09. The molecule has 0 aliphatic heterocycles. The van der Waals surface area contributed by atoms with Crippen LogP contribution >= 0.6 is 0 Å². The summed E-state index contributed by atoms with van der Waals surface area (Å²) in [4.78, 5) is 19.0. The van der Waals surface area contributed by atoms with E-state index >= 15 is 0 Å². The van der Waals surface area contributed by atoms with Crippen molar-refractivity contribution >= 4 is 5.97 Å². The summed E-state index contributed by atoms with van der Waals surface area (Å²) in [6, 6.07) is 1.24. The fourth-order valence-corrected chi connectivity index (χ4v) is 1.54. The quantitative estimate of drug-likeness (QED) is 0.807. The Labute approximate surface area is 108 Å². The highest BCUT2D eigenvalue weighted by molar-refractivity contribution is 5.73. The third-order valence-corrected chi connectivity index (χ3v) is 2.65. The number of carboxylic acid groups (broad SMARTS) is 1. The van der Waals surface area contributed by atoms with Crippen molar-refractivity contribution in [1.82, 2.24) is 15.3 Å². The van der Waals surface area contributed by atoms with Gasteiger partial charge in [0.1, 0.15) is 12.4 Å². The van der Waals surface area contributed by atoms with Gasteiger partial charge in [-0.15, -0.1) is 0 Å². The van der Waals surface area contributed by atoms with E-state index in [1.54, 1.807) is 12.3 Å². The zero-order valence-electron chi connectivity index (χ0n) is 11.2. The van der Waals surface area contributed by atoms with Crippen molar-refractivity contribution in [3.05, 3.63) is 24.3 Å². The van der Waals surface area contributed by atoms with Gasteiger partial charge in [-0.05, 0) is 24.3 Å². The number of aliphatic carboxylic acids is 1. The molecule has 1 atom stereocenters. The summed E-state index contributed by atoms with van der Waals surface area (Å²) in [6.45, 7) is 6.77. The summed E-state index contributed by atoms with van der Waals surface area (Å²) in [5, 5.41) is 12.2. The number of hydrogen-bond donors (Lipinski definition) is 2.